The van der Waals surface area contributed by atoms with Crippen LogP contribution in [0, 0.1) is 0 Å². The van der Waals surface area contributed by atoms with Crippen molar-refractivity contribution in [2.24, 2.45) is 0 Å². The molecule has 8 rings (SSSR count). The molecule has 0 bridgehead atoms. The molecule has 2 nitrogen and oxygen atoms in total. The molecule has 0 saturated carbocycles. The Bertz CT molecular complexity index is 2280. The van der Waals surface area contributed by atoms with E-state index >= 15 is 0 Å². The molecule has 0 aromatic heterocycles. The van der Waals surface area contributed by atoms with Crippen LogP contribution in [0.5, 0.6) is 0 Å². The second-order valence-corrected chi connectivity index (χ2v) is 17.8. The van der Waals surface area contributed by atoms with E-state index < -0.39 is 0 Å². The van der Waals surface area contributed by atoms with Crippen molar-refractivity contribution < 1.29 is 0 Å². The third kappa shape index (κ3) is 8.58. The fraction of sp³-hybridized carbons (Fsp3) is 0.214. The lowest BCUT2D eigenvalue weighted by molar-refractivity contribution is 0.590. The predicted molar refractivity (Wildman–Crippen MR) is 250 cm³/mol. The van der Waals surface area contributed by atoms with Gasteiger partial charge in [-0.1, -0.05) is 193 Å². The van der Waals surface area contributed by atoms with Gasteiger partial charge in [0.1, 0.15) is 0 Å². The zero-order chi connectivity index (χ0) is 40.3. The number of rotatable bonds is 9. The van der Waals surface area contributed by atoms with Gasteiger partial charge in [-0.15, -0.1) is 0 Å². The largest absolute Gasteiger partial charge is 0.334 e. The lowest BCUT2D eigenvalue weighted by Gasteiger charge is -2.37. The summed E-state index contributed by atoms with van der Waals surface area (Å²) in [4.78, 5) is 5.12. The van der Waals surface area contributed by atoms with Gasteiger partial charge in [-0.05, 0) is 111 Å². The maximum absolute atomic E-state index is 2.56. The summed E-state index contributed by atoms with van der Waals surface area (Å²) in [5.74, 6) is 0. The number of hydrogen-bond acceptors (Lipinski definition) is 2. The first-order valence-corrected chi connectivity index (χ1v) is 20.9. The van der Waals surface area contributed by atoms with Crippen molar-refractivity contribution in [2.45, 2.75) is 77.3 Å². The summed E-state index contributed by atoms with van der Waals surface area (Å²) in [5.41, 5.74) is 14.9. The summed E-state index contributed by atoms with van der Waals surface area (Å²) in [6.45, 7) is 13.7. The Balaban J connectivity index is 1.28. The standard InChI is InChI=1S/C56H56N2/c1-55(2,3)47-26-34-51(35-27-47)57(49-30-22-44(23-31-49)41-16-10-7-11-17-41)53-38-46(43-20-14-9-15-21-43)39-54(40-53)58(52-36-28-48(29-37-52)56(4,5)6)50-32-24-45(25-33-50)42-18-12-8-13-19-42/h7-30,32,34-40,49-50H,31,33H2,1-6H3/t49-,50-/m0/s1. The van der Waals surface area contributed by atoms with Gasteiger partial charge in [0.2, 0.25) is 0 Å². The fourth-order valence-electron chi connectivity index (χ4n) is 8.27. The number of allylic oxidation sites excluding steroid dienone is 4. The van der Waals surface area contributed by atoms with Crippen molar-refractivity contribution in [1.29, 1.82) is 0 Å². The molecule has 0 fully saturated rings. The van der Waals surface area contributed by atoms with Crippen molar-refractivity contribution in [1.82, 2.24) is 0 Å². The quantitative estimate of drug-likeness (QED) is 0.145. The third-order valence-electron chi connectivity index (χ3n) is 11.6. The van der Waals surface area contributed by atoms with Gasteiger partial charge in [0.05, 0.1) is 12.1 Å². The van der Waals surface area contributed by atoms with Crippen molar-refractivity contribution >= 4 is 33.9 Å². The van der Waals surface area contributed by atoms with Crippen LogP contribution in [0.1, 0.15) is 76.6 Å². The molecule has 0 aliphatic heterocycles. The van der Waals surface area contributed by atoms with Gasteiger partial charge in [0.15, 0.2) is 0 Å². The van der Waals surface area contributed by atoms with Crippen LogP contribution in [-0.4, -0.2) is 12.1 Å². The molecule has 58 heavy (non-hydrogen) atoms. The van der Waals surface area contributed by atoms with Crippen LogP contribution in [0.15, 0.2) is 194 Å². The van der Waals surface area contributed by atoms with E-state index in [1.54, 1.807) is 0 Å². The number of anilines is 4. The van der Waals surface area contributed by atoms with Crippen LogP contribution in [0.3, 0.4) is 0 Å². The van der Waals surface area contributed by atoms with Crippen LogP contribution >= 0.6 is 0 Å². The Labute approximate surface area is 347 Å². The highest BCUT2D eigenvalue weighted by Crippen LogP contribution is 2.42. The topological polar surface area (TPSA) is 6.48 Å². The molecule has 0 N–H and O–H groups in total. The van der Waals surface area contributed by atoms with E-state index in [1.165, 1.54) is 67.3 Å². The van der Waals surface area contributed by atoms with E-state index in [0.29, 0.717) is 0 Å². The first-order valence-electron chi connectivity index (χ1n) is 20.9. The molecule has 0 radical (unpaired) electrons. The van der Waals surface area contributed by atoms with E-state index in [0.717, 1.165) is 12.8 Å². The van der Waals surface area contributed by atoms with Crippen LogP contribution in [0.2, 0.25) is 0 Å². The average molecular weight is 757 g/mol. The molecule has 2 atom stereocenters. The zero-order valence-electron chi connectivity index (χ0n) is 34.9. The summed E-state index contributed by atoms with van der Waals surface area (Å²) < 4.78 is 0. The van der Waals surface area contributed by atoms with Crippen LogP contribution in [0.25, 0.3) is 22.3 Å². The number of benzene rings is 6. The smallest absolute Gasteiger partial charge is 0.0560 e. The number of nitrogens with zero attached hydrogens (tertiary/aromatic N) is 2. The van der Waals surface area contributed by atoms with Gasteiger partial charge in [-0.25, -0.2) is 0 Å². The first kappa shape index (κ1) is 38.7. The SMILES string of the molecule is CC(C)(C)c1ccc(N(c2cc(-c3ccccc3)cc(N(c3ccc(C(C)(C)C)cc3)[C@H]3C=CC(c4ccccc4)=CC3)c2)[C@H]2C=CC(c3ccccc3)=CC2)cc1. The maximum atomic E-state index is 2.56. The number of hydrogen-bond donors (Lipinski definition) is 0. The van der Waals surface area contributed by atoms with Crippen molar-refractivity contribution in [2.75, 3.05) is 9.80 Å². The molecule has 0 saturated heterocycles. The maximum Gasteiger partial charge on any atom is 0.0560 e. The highest BCUT2D eigenvalue weighted by atomic mass is 15.2. The second-order valence-electron chi connectivity index (χ2n) is 17.8. The molecular formula is C56H56N2. The van der Waals surface area contributed by atoms with Gasteiger partial charge in [0.25, 0.3) is 0 Å². The molecule has 0 amide bonds. The molecular weight excluding hydrogens is 701 g/mol. The summed E-state index contributed by atoms with van der Waals surface area (Å²) in [7, 11) is 0. The minimum atomic E-state index is 0.0627. The lowest BCUT2D eigenvalue weighted by atomic mass is 9.87. The fourth-order valence-corrected chi connectivity index (χ4v) is 8.27. The first-order chi connectivity index (χ1) is 28.0. The van der Waals surface area contributed by atoms with Gasteiger partial charge in [-0.2, -0.15) is 0 Å². The Kier molecular flexibility index (Phi) is 10.9. The Hall–Kier alpha value is -6.12. The molecule has 6 aromatic carbocycles. The molecule has 6 aromatic rings. The van der Waals surface area contributed by atoms with E-state index in [9.17, 15) is 0 Å². The Morgan fingerprint density at radius 2 is 0.741 bits per heavy atom. The summed E-state index contributed by atoms with van der Waals surface area (Å²) >= 11 is 0. The summed E-state index contributed by atoms with van der Waals surface area (Å²) in [6, 6.07) is 58.4. The van der Waals surface area contributed by atoms with Crippen LogP contribution in [-0.2, 0) is 10.8 Å². The van der Waals surface area contributed by atoms with Crippen molar-refractivity contribution in [3.05, 3.63) is 216 Å². The average Bonchev–Trinajstić information content (AvgIpc) is 3.25. The third-order valence-corrected chi connectivity index (χ3v) is 11.6. The lowest BCUT2D eigenvalue weighted by Crippen LogP contribution is -2.32. The van der Waals surface area contributed by atoms with E-state index in [1.807, 2.05) is 0 Å². The van der Waals surface area contributed by atoms with E-state index in [2.05, 4.69) is 246 Å². The highest BCUT2D eigenvalue weighted by molar-refractivity contribution is 5.83. The Morgan fingerprint density at radius 1 is 0.379 bits per heavy atom. The van der Waals surface area contributed by atoms with E-state index in [4.69, 9.17) is 0 Å². The minimum absolute atomic E-state index is 0.0627. The van der Waals surface area contributed by atoms with E-state index in [-0.39, 0.29) is 22.9 Å². The minimum Gasteiger partial charge on any atom is -0.334 e. The normalized spacial score (nSPS) is 16.7. The van der Waals surface area contributed by atoms with Crippen molar-refractivity contribution in [3.63, 3.8) is 0 Å². The second kappa shape index (κ2) is 16.4. The van der Waals surface area contributed by atoms with Crippen molar-refractivity contribution in [3.8, 4) is 11.1 Å². The van der Waals surface area contributed by atoms with Gasteiger partial charge < -0.3 is 9.80 Å². The monoisotopic (exact) mass is 756 g/mol. The van der Waals surface area contributed by atoms with Gasteiger partial charge in [-0.3, -0.25) is 0 Å². The van der Waals surface area contributed by atoms with Gasteiger partial charge >= 0.3 is 0 Å². The molecule has 2 heteroatoms. The molecule has 290 valence electrons. The zero-order valence-corrected chi connectivity index (χ0v) is 34.9. The molecule has 2 aliphatic carbocycles. The van der Waals surface area contributed by atoms with Gasteiger partial charge in [0, 0.05) is 22.7 Å². The highest BCUT2D eigenvalue weighted by Gasteiger charge is 2.27. The predicted octanol–water partition coefficient (Wildman–Crippen LogP) is 15.0. The summed E-state index contributed by atoms with van der Waals surface area (Å²) in [6.07, 6.45) is 16.0. The Morgan fingerprint density at radius 3 is 1.07 bits per heavy atom. The summed E-state index contributed by atoms with van der Waals surface area (Å²) in [5, 5.41) is 0. The van der Waals surface area contributed by atoms with Crippen LogP contribution < -0.4 is 9.80 Å². The molecule has 2 aliphatic rings. The molecule has 0 spiro atoms. The van der Waals surface area contributed by atoms with Crippen LogP contribution in [0.4, 0.5) is 22.7 Å². The molecule has 0 unspecified atom stereocenters. The molecule has 0 heterocycles.